The molecule has 0 aromatic carbocycles. The van der Waals surface area contributed by atoms with Crippen molar-refractivity contribution >= 4 is 5.97 Å². The highest BCUT2D eigenvalue weighted by Gasteiger charge is 2.31. The Kier molecular flexibility index (Phi) is 4.95. The number of hydrogen-bond acceptors (Lipinski definition) is 6. The molecule has 0 spiro atoms. The van der Waals surface area contributed by atoms with Crippen molar-refractivity contribution in [1.29, 1.82) is 0 Å². The first-order valence-corrected chi connectivity index (χ1v) is 8.15. The summed E-state index contributed by atoms with van der Waals surface area (Å²) < 4.78 is 12.6. The Balaban J connectivity index is 1.50. The van der Waals surface area contributed by atoms with Crippen molar-refractivity contribution in [3.63, 3.8) is 0 Å². The second kappa shape index (κ2) is 7.12. The molecule has 126 valence electrons. The highest BCUT2D eigenvalue weighted by Crippen LogP contribution is 2.27. The number of ether oxygens (including phenoxy) is 2. The summed E-state index contributed by atoms with van der Waals surface area (Å²) in [5.74, 6) is 1.02. The molecule has 0 bridgehead atoms. The zero-order valence-electron chi connectivity index (χ0n) is 13.8. The first kappa shape index (κ1) is 16.0. The first-order valence-electron chi connectivity index (χ1n) is 8.15. The van der Waals surface area contributed by atoms with Crippen LogP contribution in [0.2, 0.25) is 0 Å². The molecule has 7 heteroatoms. The molecule has 1 fully saturated rings. The Hall–Kier alpha value is -1.89. The number of esters is 1. The van der Waals surface area contributed by atoms with Gasteiger partial charge in [0, 0.05) is 26.1 Å². The monoisotopic (exact) mass is 320 g/mol. The summed E-state index contributed by atoms with van der Waals surface area (Å²) in [6, 6.07) is 0. The molecule has 0 aliphatic carbocycles. The standard InChI is InChI=1S/C16H24N4O3/c1-12-15(16(21)22-2)6-14(23-12)9-19-5-3-4-13(7-19)8-20-11-17-10-18-20/h10-11,13-14H,3-9H2,1-2H3/t13-,14-/m0/s1. The molecule has 0 saturated carbocycles. The van der Waals surface area contributed by atoms with Crippen molar-refractivity contribution < 1.29 is 14.3 Å². The second-order valence-corrected chi connectivity index (χ2v) is 6.36. The third-order valence-corrected chi connectivity index (χ3v) is 4.61. The maximum Gasteiger partial charge on any atom is 0.337 e. The van der Waals surface area contributed by atoms with E-state index in [-0.39, 0.29) is 12.1 Å². The van der Waals surface area contributed by atoms with Crippen LogP contribution in [0.1, 0.15) is 26.2 Å². The van der Waals surface area contributed by atoms with Gasteiger partial charge in [0.05, 0.1) is 12.7 Å². The van der Waals surface area contributed by atoms with Crippen LogP contribution in [-0.2, 0) is 20.8 Å². The predicted octanol–water partition coefficient (Wildman–Crippen LogP) is 1.23. The number of piperidine rings is 1. The van der Waals surface area contributed by atoms with Gasteiger partial charge in [0.2, 0.25) is 0 Å². The van der Waals surface area contributed by atoms with E-state index >= 15 is 0 Å². The van der Waals surface area contributed by atoms with Gasteiger partial charge in [-0.3, -0.25) is 9.58 Å². The molecule has 0 radical (unpaired) electrons. The largest absolute Gasteiger partial charge is 0.493 e. The number of nitrogens with zero attached hydrogens (tertiary/aromatic N) is 4. The summed E-state index contributed by atoms with van der Waals surface area (Å²) in [6.45, 7) is 5.72. The topological polar surface area (TPSA) is 69.5 Å². The van der Waals surface area contributed by atoms with Crippen LogP contribution in [-0.4, -0.2) is 58.5 Å². The van der Waals surface area contributed by atoms with Crippen molar-refractivity contribution in [2.24, 2.45) is 5.92 Å². The van der Waals surface area contributed by atoms with Crippen LogP contribution < -0.4 is 0 Å². The number of carbonyl (C=O) groups excluding carboxylic acids is 1. The van der Waals surface area contributed by atoms with Gasteiger partial charge in [0.15, 0.2) is 0 Å². The van der Waals surface area contributed by atoms with Crippen LogP contribution in [0, 0.1) is 5.92 Å². The molecule has 1 saturated heterocycles. The Labute approximate surface area is 136 Å². The Bertz CT molecular complexity index is 570. The minimum absolute atomic E-state index is 0.0502. The third kappa shape index (κ3) is 3.90. The number of hydrogen-bond donors (Lipinski definition) is 0. The number of rotatable bonds is 5. The van der Waals surface area contributed by atoms with Crippen molar-refractivity contribution in [3.8, 4) is 0 Å². The summed E-state index contributed by atoms with van der Waals surface area (Å²) >= 11 is 0. The van der Waals surface area contributed by atoms with Crippen LogP contribution in [0.25, 0.3) is 0 Å². The molecule has 1 aromatic rings. The van der Waals surface area contributed by atoms with E-state index in [9.17, 15) is 4.79 Å². The number of aromatic nitrogens is 3. The summed E-state index contributed by atoms with van der Waals surface area (Å²) in [7, 11) is 1.41. The minimum atomic E-state index is -0.271. The highest BCUT2D eigenvalue weighted by molar-refractivity contribution is 5.89. The molecule has 0 amide bonds. The lowest BCUT2D eigenvalue weighted by Crippen LogP contribution is -2.41. The Morgan fingerprint density at radius 1 is 1.48 bits per heavy atom. The fourth-order valence-corrected chi connectivity index (χ4v) is 3.53. The van der Waals surface area contributed by atoms with E-state index in [0.29, 0.717) is 23.7 Å². The zero-order chi connectivity index (χ0) is 16.2. The van der Waals surface area contributed by atoms with Crippen molar-refractivity contribution in [2.45, 2.75) is 38.8 Å². The molecule has 1 aromatic heterocycles. The lowest BCUT2D eigenvalue weighted by molar-refractivity contribution is -0.136. The fraction of sp³-hybridized carbons (Fsp3) is 0.688. The van der Waals surface area contributed by atoms with Crippen LogP contribution in [0.3, 0.4) is 0 Å². The molecule has 3 heterocycles. The molecule has 7 nitrogen and oxygen atoms in total. The molecule has 2 atom stereocenters. The Morgan fingerprint density at radius 3 is 3.09 bits per heavy atom. The van der Waals surface area contributed by atoms with Gasteiger partial charge in [0.1, 0.15) is 24.5 Å². The number of allylic oxidation sites excluding steroid dienone is 1. The van der Waals surface area contributed by atoms with Crippen molar-refractivity contribution in [3.05, 3.63) is 24.0 Å². The lowest BCUT2D eigenvalue weighted by atomic mass is 9.97. The third-order valence-electron chi connectivity index (χ3n) is 4.61. The van der Waals surface area contributed by atoms with Crippen molar-refractivity contribution in [1.82, 2.24) is 19.7 Å². The SMILES string of the molecule is COC(=O)C1=C(C)O[C@H](CN2CCC[C@H](Cn3cncn3)C2)C1. The smallest absolute Gasteiger partial charge is 0.337 e. The van der Waals surface area contributed by atoms with Crippen LogP contribution in [0.15, 0.2) is 24.0 Å². The van der Waals surface area contributed by atoms with Crippen LogP contribution in [0.4, 0.5) is 0 Å². The van der Waals surface area contributed by atoms with Gasteiger partial charge >= 0.3 is 5.97 Å². The van der Waals surface area contributed by atoms with E-state index in [4.69, 9.17) is 9.47 Å². The molecule has 0 N–H and O–H groups in total. The predicted molar refractivity (Wildman–Crippen MR) is 83.4 cm³/mol. The van der Waals surface area contributed by atoms with Gasteiger partial charge < -0.3 is 9.47 Å². The highest BCUT2D eigenvalue weighted by atomic mass is 16.5. The summed E-state index contributed by atoms with van der Waals surface area (Å²) in [6.07, 6.45) is 6.44. The van der Waals surface area contributed by atoms with Gasteiger partial charge in [0.25, 0.3) is 0 Å². The van der Waals surface area contributed by atoms with Crippen LogP contribution in [0.5, 0.6) is 0 Å². The molecule has 23 heavy (non-hydrogen) atoms. The molecule has 3 rings (SSSR count). The second-order valence-electron chi connectivity index (χ2n) is 6.36. The fourth-order valence-electron chi connectivity index (χ4n) is 3.53. The maximum atomic E-state index is 11.7. The van der Waals surface area contributed by atoms with Gasteiger partial charge in [-0.05, 0) is 32.2 Å². The average molecular weight is 320 g/mol. The van der Waals surface area contributed by atoms with Crippen LogP contribution >= 0.6 is 0 Å². The minimum Gasteiger partial charge on any atom is -0.493 e. The maximum absolute atomic E-state index is 11.7. The number of likely N-dealkylation sites (tertiary alicyclic amines) is 1. The Morgan fingerprint density at radius 2 is 2.35 bits per heavy atom. The molecular formula is C16H24N4O3. The molecule has 2 aliphatic rings. The summed E-state index contributed by atoms with van der Waals surface area (Å²) in [4.78, 5) is 18.1. The van der Waals surface area contributed by atoms with E-state index in [1.165, 1.54) is 20.0 Å². The van der Waals surface area contributed by atoms with E-state index in [2.05, 4.69) is 15.0 Å². The number of carbonyl (C=O) groups is 1. The lowest BCUT2D eigenvalue weighted by Gasteiger charge is -2.34. The zero-order valence-corrected chi connectivity index (χ0v) is 13.8. The molecule has 0 unspecified atom stereocenters. The summed E-state index contributed by atoms with van der Waals surface area (Å²) in [5, 5.41) is 4.19. The quantitative estimate of drug-likeness (QED) is 0.760. The van der Waals surface area contributed by atoms with E-state index in [1.54, 1.807) is 12.7 Å². The van der Waals surface area contributed by atoms with Crippen molar-refractivity contribution in [2.75, 3.05) is 26.7 Å². The summed E-state index contributed by atoms with van der Waals surface area (Å²) in [5.41, 5.74) is 0.675. The van der Waals surface area contributed by atoms with Gasteiger partial charge in [-0.1, -0.05) is 0 Å². The van der Waals surface area contributed by atoms with E-state index in [1.807, 2.05) is 11.6 Å². The first-order chi connectivity index (χ1) is 11.2. The van der Waals surface area contributed by atoms with Gasteiger partial charge in [-0.25, -0.2) is 9.78 Å². The average Bonchev–Trinajstić information content (AvgIpc) is 3.17. The number of methoxy groups -OCH3 is 1. The van der Waals surface area contributed by atoms with E-state index in [0.717, 1.165) is 26.2 Å². The van der Waals surface area contributed by atoms with Gasteiger partial charge in [-0.15, -0.1) is 0 Å². The van der Waals surface area contributed by atoms with E-state index < -0.39 is 0 Å². The molecule has 2 aliphatic heterocycles. The van der Waals surface area contributed by atoms with Gasteiger partial charge in [-0.2, -0.15) is 5.10 Å². The normalized spacial score (nSPS) is 25.5. The molecular weight excluding hydrogens is 296 g/mol.